The smallest absolute Gasteiger partial charge is 0.270 e. The molecule has 7 nitrogen and oxygen atoms in total. The second kappa shape index (κ2) is 9.73. The van der Waals surface area contributed by atoms with Crippen molar-refractivity contribution in [2.24, 2.45) is 5.73 Å². The largest absolute Gasteiger partial charge is 0.354 e. The van der Waals surface area contributed by atoms with Crippen molar-refractivity contribution in [1.29, 1.82) is 0 Å². The van der Waals surface area contributed by atoms with Gasteiger partial charge in [-0.25, -0.2) is 0 Å². The van der Waals surface area contributed by atoms with Gasteiger partial charge in [0.2, 0.25) is 5.91 Å². The molecule has 1 unspecified atom stereocenters. The SMILES string of the molecule is CC(=O)c1c(C)[nH]c(C(=O)N2CCCCC2CNC(=O)CCN)c1C.Cl. The quantitative estimate of drug-likeness (QED) is 0.649. The van der Waals surface area contributed by atoms with Gasteiger partial charge in [-0.2, -0.15) is 0 Å². The number of piperidine rings is 1. The van der Waals surface area contributed by atoms with E-state index in [-0.39, 0.29) is 42.5 Å². The number of nitrogens with one attached hydrogen (secondary N) is 2. The van der Waals surface area contributed by atoms with Gasteiger partial charge >= 0.3 is 0 Å². The van der Waals surface area contributed by atoms with Crippen LogP contribution in [0.5, 0.6) is 0 Å². The number of nitrogens with zero attached hydrogens (tertiary/aromatic N) is 1. The van der Waals surface area contributed by atoms with Crippen molar-refractivity contribution in [3.63, 3.8) is 0 Å². The van der Waals surface area contributed by atoms with Crippen molar-refractivity contribution in [1.82, 2.24) is 15.2 Å². The van der Waals surface area contributed by atoms with Crippen LogP contribution in [0.15, 0.2) is 0 Å². The number of H-pyrrole nitrogens is 1. The first-order valence-electron chi connectivity index (χ1n) is 8.84. The fourth-order valence-electron chi connectivity index (χ4n) is 3.57. The zero-order valence-corrected chi connectivity index (χ0v) is 16.5. The van der Waals surface area contributed by atoms with Gasteiger partial charge in [0, 0.05) is 43.4 Å². The van der Waals surface area contributed by atoms with Gasteiger partial charge in [0.15, 0.2) is 5.78 Å². The molecular formula is C18H29ClN4O3. The summed E-state index contributed by atoms with van der Waals surface area (Å²) in [6.07, 6.45) is 3.12. The summed E-state index contributed by atoms with van der Waals surface area (Å²) < 4.78 is 0. The van der Waals surface area contributed by atoms with E-state index in [1.165, 1.54) is 6.92 Å². The number of likely N-dealkylation sites (tertiary alicyclic amines) is 1. The number of carbonyl (C=O) groups excluding carboxylic acids is 3. The van der Waals surface area contributed by atoms with E-state index in [0.717, 1.165) is 25.0 Å². The molecule has 2 rings (SSSR count). The Morgan fingerprint density at radius 3 is 2.54 bits per heavy atom. The van der Waals surface area contributed by atoms with E-state index in [9.17, 15) is 14.4 Å². The van der Waals surface area contributed by atoms with Crippen molar-refractivity contribution >= 4 is 30.0 Å². The van der Waals surface area contributed by atoms with Gasteiger partial charge in [0.25, 0.3) is 5.91 Å². The van der Waals surface area contributed by atoms with Gasteiger partial charge in [-0.05, 0) is 45.6 Å². The fraction of sp³-hybridized carbons (Fsp3) is 0.611. The first kappa shape index (κ1) is 22.2. The highest BCUT2D eigenvalue weighted by Crippen LogP contribution is 2.24. The predicted octanol–water partition coefficient (Wildman–Crippen LogP) is 1.72. The summed E-state index contributed by atoms with van der Waals surface area (Å²) >= 11 is 0. The molecule has 1 atom stereocenters. The minimum absolute atomic E-state index is 0. The Labute approximate surface area is 160 Å². The maximum atomic E-state index is 13.0. The number of Topliss-reactive ketones (excluding diaryl/α,β-unsaturated/α-hetero) is 1. The number of aryl methyl sites for hydroxylation is 1. The molecule has 0 bridgehead atoms. The first-order valence-corrected chi connectivity index (χ1v) is 8.84. The van der Waals surface area contributed by atoms with Crippen molar-refractivity contribution in [2.75, 3.05) is 19.6 Å². The molecule has 2 heterocycles. The lowest BCUT2D eigenvalue weighted by atomic mass is 10.0. The van der Waals surface area contributed by atoms with Gasteiger partial charge < -0.3 is 20.9 Å². The van der Waals surface area contributed by atoms with Crippen LogP contribution in [0.3, 0.4) is 0 Å². The highest BCUT2D eigenvalue weighted by atomic mass is 35.5. The average molecular weight is 385 g/mol. The lowest BCUT2D eigenvalue weighted by Gasteiger charge is -2.35. The molecule has 1 fully saturated rings. The number of halogens is 1. The molecule has 0 radical (unpaired) electrons. The second-order valence-corrected chi connectivity index (χ2v) is 6.67. The van der Waals surface area contributed by atoms with E-state index >= 15 is 0 Å². The first-order chi connectivity index (χ1) is 11.9. The number of hydrogen-bond acceptors (Lipinski definition) is 4. The number of rotatable bonds is 6. The Bertz CT molecular complexity index is 672. The summed E-state index contributed by atoms with van der Waals surface area (Å²) in [7, 11) is 0. The Kier molecular flexibility index (Phi) is 8.30. The molecule has 8 heteroatoms. The fourth-order valence-corrected chi connectivity index (χ4v) is 3.57. The molecule has 26 heavy (non-hydrogen) atoms. The topological polar surface area (TPSA) is 108 Å². The minimum atomic E-state index is -0.106. The number of hydrogen-bond donors (Lipinski definition) is 3. The molecule has 1 aliphatic rings. The molecule has 1 aromatic heterocycles. The van der Waals surface area contributed by atoms with Crippen LogP contribution in [-0.2, 0) is 4.79 Å². The van der Waals surface area contributed by atoms with E-state index in [4.69, 9.17) is 5.73 Å². The molecular weight excluding hydrogens is 356 g/mol. The third-order valence-corrected chi connectivity index (χ3v) is 4.80. The standard InChI is InChI=1S/C18H28N4O3.ClH/c1-11-16(13(3)23)12(2)21-17(11)18(25)22-9-5-4-6-14(22)10-20-15(24)7-8-19;/h14,21H,4-10,19H2,1-3H3,(H,20,24);1H. The Balaban J connectivity index is 0.00000338. The van der Waals surface area contributed by atoms with Crippen molar-refractivity contribution in [3.05, 3.63) is 22.5 Å². The van der Waals surface area contributed by atoms with Crippen molar-refractivity contribution in [2.45, 2.75) is 52.5 Å². The molecule has 146 valence electrons. The summed E-state index contributed by atoms with van der Waals surface area (Å²) in [5.41, 5.74) is 7.88. The van der Waals surface area contributed by atoms with Crippen LogP contribution in [0, 0.1) is 13.8 Å². The van der Waals surface area contributed by atoms with Gasteiger partial charge in [0.05, 0.1) is 0 Å². The van der Waals surface area contributed by atoms with Gasteiger partial charge in [-0.1, -0.05) is 0 Å². The van der Waals surface area contributed by atoms with E-state index in [1.54, 1.807) is 13.8 Å². The van der Waals surface area contributed by atoms with E-state index in [2.05, 4.69) is 10.3 Å². The molecule has 0 aliphatic carbocycles. The summed E-state index contributed by atoms with van der Waals surface area (Å²) in [5.74, 6) is -0.244. The molecule has 0 spiro atoms. The molecule has 1 aliphatic heterocycles. The van der Waals surface area contributed by atoms with Gasteiger partial charge in [-0.3, -0.25) is 14.4 Å². The third kappa shape index (κ3) is 4.86. The highest BCUT2D eigenvalue weighted by Gasteiger charge is 2.30. The number of aromatic nitrogens is 1. The summed E-state index contributed by atoms with van der Waals surface area (Å²) in [5, 5.41) is 2.86. The number of amides is 2. The average Bonchev–Trinajstić information content (AvgIpc) is 2.87. The number of nitrogens with two attached hydrogens (primary N) is 1. The highest BCUT2D eigenvalue weighted by molar-refractivity contribution is 6.02. The van der Waals surface area contributed by atoms with Gasteiger partial charge in [-0.15, -0.1) is 12.4 Å². The Hall–Kier alpha value is -1.86. The molecule has 2 amide bonds. The second-order valence-electron chi connectivity index (χ2n) is 6.67. The van der Waals surface area contributed by atoms with E-state index in [1.807, 2.05) is 4.90 Å². The molecule has 1 saturated heterocycles. The summed E-state index contributed by atoms with van der Waals surface area (Å²) in [6, 6.07) is -0.0354. The number of aromatic amines is 1. The molecule has 1 aromatic rings. The number of ketones is 1. The predicted molar refractivity (Wildman–Crippen MR) is 103 cm³/mol. The van der Waals surface area contributed by atoms with E-state index < -0.39 is 0 Å². The van der Waals surface area contributed by atoms with Crippen LogP contribution in [0.25, 0.3) is 0 Å². The van der Waals surface area contributed by atoms with Crippen LogP contribution in [0.2, 0.25) is 0 Å². The monoisotopic (exact) mass is 384 g/mol. The zero-order valence-electron chi connectivity index (χ0n) is 15.7. The lowest BCUT2D eigenvalue weighted by Crippen LogP contribution is -2.49. The molecule has 0 saturated carbocycles. The number of carbonyl (C=O) groups is 3. The Morgan fingerprint density at radius 1 is 1.27 bits per heavy atom. The van der Waals surface area contributed by atoms with Crippen molar-refractivity contribution in [3.8, 4) is 0 Å². The van der Waals surface area contributed by atoms with Gasteiger partial charge in [0.1, 0.15) is 5.69 Å². The van der Waals surface area contributed by atoms with Crippen LogP contribution in [-0.4, -0.2) is 53.2 Å². The Morgan fingerprint density at radius 2 is 1.96 bits per heavy atom. The molecule has 0 aromatic carbocycles. The molecule has 4 N–H and O–H groups in total. The minimum Gasteiger partial charge on any atom is -0.354 e. The van der Waals surface area contributed by atoms with Crippen LogP contribution >= 0.6 is 12.4 Å². The normalized spacial score (nSPS) is 16.8. The summed E-state index contributed by atoms with van der Waals surface area (Å²) in [6.45, 7) is 6.52. The zero-order chi connectivity index (χ0) is 18.6. The lowest BCUT2D eigenvalue weighted by molar-refractivity contribution is -0.121. The van der Waals surface area contributed by atoms with Crippen LogP contribution < -0.4 is 11.1 Å². The van der Waals surface area contributed by atoms with Crippen molar-refractivity contribution < 1.29 is 14.4 Å². The maximum Gasteiger partial charge on any atom is 0.270 e. The maximum absolute atomic E-state index is 13.0. The van der Waals surface area contributed by atoms with Crippen LogP contribution in [0.1, 0.15) is 64.7 Å². The van der Waals surface area contributed by atoms with E-state index in [0.29, 0.717) is 36.5 Å². The summed E-state index contributed by atoms with van der Waals surface area (Å²) in [4.78, 5) is 41.4. The van der Waals surface area contributed by atoms with Crippen LogP contribution in [0.4, 0.5) is 0 Å². The third-order valence-electron chi connectivity index (χ3n) is 4.80.